The maximum absolute atomic E-state index is 12.4. The van der Waals surface area contributed by atoms with Crippen LogP contribution in [0.2, 0.25) is 0 Å². The van der Waals surface area contributed by atoms with Gasteiger partial charge in [0.25, 0.3) is 0 Å². The summed E-state index contributed by atoms with van der Waals surface area (Å²) in [5, 5.41) is 2.57. The van der Waals surface area contributed by atoms with Crippen LogP contribution in [0.1, 0.15) is 18.9 Å². The molecule has 0 saturated heterocycles. The molecule has 2 amide bonds. The van der Waals surface area contributed by atoms with Crippen molar-refractivity contribution in [2.45, 2.75) is 18.8 Å². The Labute approximate surface area is 112 Å². The normalized spacial score (nSPS) is 21.3. The van der Waals surface area contributed by atoms with Crippen LogP contribution in [0, 0.1) is 0 Å². The Balaban J connectivity index is 2.52. The predicted octanol–water partition coefficient (Wildman–Crippen LogP) is 1.07. The van der Waals surface area contributed by atoms with Crippen LogP contribution in [0.5, 0.6) is 5.75 Å². The van der Waals surface area contributed by atoms with Gasteiger partial charge in [-0.2, -0.15) is 0 Å². The Morgan fingerprint density at radius 3 is 2.74 bits per heavy atom. The third kappa shape index (κ3) is 1.95. The van der Waals surface area contributed by atoms with E-state index in [4.69, 9.17) is 4.74 Å². The lowest BCUT2D eigenvalue weighted by atomic mass is 9.80. The van der Waals surface area contributed by atoms with Gasteiger partial charge in [-0.25, -0.2) is 0 Å². The van der Waals surface area contributed by atoms with Gasteiger partial charge in [0, 0.05) is 26.2 Å². The molecule has 0 radical (unpaired) electrons. The molecule has 1 atom stereocenters. The second-order valence-electron chi connectivity index (χ2n) is 4.93. The molecule has 5 heteroatoms. The summed E-state index contributed by atoms with van der Waals surface area (Å²) in [6, 6.07) is 5.50. The van der Waals surface area contributed by atoms with Crippen LogP contribution in [0.15, 0.2) is 18.2 Å². The fourth-order valence-corrected chi connectivity index (χ4v) is 2.55. The summed E-state index contributed by atoms with van der Waals surface area (Å²) >= 11 is 0. The van der Waals surface area contributed by atoms with Gasteiger partial charge in [0.2, 0.25) is 11.8 Å². The Morgan fingerprint density at radius 2 is 2.16 bits per heavy atom. The molecule has 1 aliphatic heterocycles. The number of hydrogen-bond donors (Lipinski definition) is 1. The number of methoxy groups -OCH3 is 1. The number of carbonyl (C=O) groups is 2. The van der Waals surface area contributed by atoms with Crippen LogP contribution >= 0.6 is 0 Å². The number of ether oxygens (including phenoxy) is 1. The minimum absolute atomic E-state index is 0.0700. The molecule has 0 saturated carbocycles. The standard InChI is InChI=1S/C14H18N2O3/c1-14(8-12(17)15-2)10-7-9(19-4)5-6-11(10)16(3)13(14)18/h5-7H,8H2,1-4H3,(H,15,17)/t14-/m0/s1. The molecule has 0 spiro atoms. The first-order valence-electron chi connectivity index (χ1n) is 6.11. The number of anilines is 1. The number of amides is 2. The van der Waals surface area contributed by atoms with Crippen LogP contribution in [-0.2, 0) is 15.0 Å². The fourth-order valence-electron chi connectivity index (χ4n) is 2.55. The summed E-state index contributed by atoms with van der Waals surface area (Å²) in [5.41, 5.74) is 0.832. The van der Waals surface area contributed by atoms with Crippen molar-refractivity contribution in [3.8, 4) is 5.75 Å². The fraction of sp³-hybridized carbons (Fsp3) is 0.429. The van der Waals surface area contributed by atoms with Gasteiger partial charge in [0.15, 0.2) is 0 Å². The van der Waals surface area contributed by atoms with E-state index in [1.165, 1.54) is 0 Å². The molecule has 1 aliphatic rings. The third-order valence-corrected chi connectivity index (χ3v) is 3.73. The minimum atomic E-state index is -0.835. The predicted molar refractivity (Wildman–Crippen MR) is 72.4 cm³/mol. The van der Waals surface area contributed by atoms with E-state index >= 15 is 0 Å². The smallest absolute Gasteiger partial charge is 0.237 e. The summed E-state index contributed by atoms with van der Waals surface area (Å²) in [5.74, 6) is 0.462. The van der Waals surface area contributed by atoms with E-state index in [-0.39, 0.29) is 18.2 Å². The molecule has 0 bridgehead atoms. The summed E-state index contributed by atoms with van der Waals surface area (Å²) in [4.78, 5) is 25.7. The van der Waals surface area contributed by atoms with Crippen molar-refractivity contribution in [3.05, 3.63) is 23.8 Å². The summed E-state index contributed by atoms with van der Waals surface area (Å²) in [7, 11) is 4.88. The van der Waals surface area contributed by atoms with Gasteiger partial charge >= 0.3 is 0 Å². The molecular formula is C14H18N2O3. The molecule has 102 valence electrons. The van der Waals surface area contributed by atoms with E-state index in [9.17, 15) is 9.59 Å². The molecular weight excluding hydrogens is 244 g/mol. The molecule has 1 heterocycles. The molecule has 0 aliphatic carbocycles. The van der Waals surface area contributed by atoms with Crippen molar-refractivity contribution in [2.24, 2.45) is 0 Å². The zero-order valence-electron chi connectivity index (χ0n) is 11.6. The van der Waals surface area contributed by atoms with Gasteiger partial charge in [0.05, 0.1) is 12.5 Å². The number of likely N-dealkylation sites (N-methyl/N-ethyl adjacent to an activating group) is 1. The van der Waals surface area contributed by atoms with Crippen LogP contribution in [0.4, 0.5) is 5.69 Å². The second kappa shape index (κ2) is 4.57. The molecule has 1 N–H and O–H groups in total. The van der Waals surface area contributed by atoms with E-state index < -0.39 is 5.41 Å². The van der Waals surface area contributed by atoms with Crippen molar-refractivity contribution in [1.29, 1.82) is 0 Å². The summed E-state index contributed by atoms with van der Waals surface area (Å²) in [6.45, 7) is 1.80. The number of hydrogen-bond acceptors (Lipinski definition) is 3. The number of rotatable bonds is 3. The zero-order chi connectivity index (χ0) is 14.2. The topological polar surface area (TPSA) is 58.6 Å². The van der Waals surface area contributed by atoms with Crippen LogP contribution in [-0.4, -0.2) is 33.0 Å². The average Bonchev–Trinajstić information content (AvgIpc) is 2.60. The molecule has 0 fully saturated rings. The SMILES string of the molecule is CNC(=O)C[C@]1(C)C(=O)N(C)c2ccc(OC)cc21. The van der Waals surface area contributed by atoms with E-state index in [0.717, 1.165) is 11.3 Å². The van der Waals surface area contributed by atoms with E-state index in [1.54, 1.807) is 33.0 Å². The zero-order valence-corrected chi connectivity index (χ0v) is 11.6. The van der Waals surface area contributed by atoms with Gasteiger partial charge in [-0.05, 0) is 30.7 Å². The minimum Gasteiger partial charge on any atom is -0.497 e. The second-order valence-corrected chi connectivity index (χ2v) is 4.93. The maximum Gasteiger partial charge on any atom is 0.237 e. The lowest BCUT2D eigenvalue weighted by Crippen LogP contribution is -2.40. The van der Waals surface area contributed by atoms with Crippen molar-refractivity contribution >= 4 is 17.5 Å². The molecule has 1 aromatic rings. The molecule has 0 unspecified atom stereocenters. The number of fused-ring (bicyclic) bond motifs is 1. The van der Waals surface area contributed by atoms with Crippen LogP contribution in [0.3, 0.4) is 0 Å². The molecule has 2 rings (SSSR count). The highest BCUT2D eigenvalue weighted by atomic mass is 16.5. The highest BCUT2D eigenvalue weighted by molar-refractivity contribution is 6.09. The summed E-state index contributed by atoms with van der Waals surface area (Å²) in [6.07, 6.45) is 0.132. The quantitative estimate of drug-likeness (QED) is 0.886. The van der Waals surface area contributed by atoms with Crippen molar-refractivity contribution < 1.29 is 14.3 Å². The summed E-state index contributed by atoms with van der Waals surface area (Å²) < 4.78 is 5.20. The first-order chi connectivity index (χ1) is 8.93. The highest BCUT2D eigenvalue weighted by Crippen LogP contribution is 2.44. The molecule has 5 nitrogen and oxygen atoms in total. The van der Waals surface area contributed by atoms with Crippen molar-refractivity contribution in [2.75, 3.05) is 26.1 Å². The van der Waals surface area contributed by atoms with Crippen LogP contribution < -0.4 is 15.0 Å². The lowest BCUT2D eigenvalue weighted by molar-refractivity contribution is -0.128. The molecule has 1 aromatic carbocycles. The number of nitrogens with zero attached hydrogens (tertiary/aromatic N) is 1. The Morgan fingerprint density at radius 1 is 1.47 bits per heavy atom. The lowest BCUT2D eigenvalue weighted by Gasteiger charge is -2.22. The largest absolute Gasteiger partial charge is 0.497 e. The van der Waals surface area contributed by atoms with Crippen molar-refractivity contribution in [1.82, 2.24) is 5.32 Å². The maximum atomic E-state index is 12.4. The number of nitrogens with one attached hydrogen (secondary N) is 1. The number of benzene rings is 1. The van der Waals surface area contributed by atoms with Gasteiger partial charge < -0.3 is 15.0 Å². The third-order valence-electron chi connectivity index (χ3n) is 3.73. The van der Waals surface area contributed by atoms with E-state index in [2.05, 4.69) is 5.32 Å². The van der Waals surface area contributed by atoms with Crippen LogP contribution in [0.25, 0.3) is 0 Å². The highest BCUT2D eigenvalue weighted by Gasteiger charge is 2.47. The van der Waals surface area contributed by atoms with Gasteiger partial charge in [0.1, 0.15) is 5.75 Å². The van der Waals surface area contributed by atoms with E-state index in [1.807, 2.05) is 18.2 Å². The van der Waals surface area contributed by atoms with Gasteiger partial charge in [-0.1, -0.05) is 0 Å². The average molecular weight is 262 g/mol. The first-order valence-corrected chi connectivity index (χ1v) is 6.11. The van der Waals surface area contributed by atoms with Gasteiger partial charge in [-0.15, -0.1) is 0 Å². The van der Waals surface area contributed by atoms with Gasteiger partial charge in [-0.3, -0.25) is 9.59 Å². The van der Waals surface area contributed by atoms with Crippen molar-refractivity contribution in [3.63, 3.8) is 0 Å². The molecule has 0 aromatic heterocycles. The Kier molecular flexibility index (Phi) is 3.22. The first kappa shape index (κ1) is 13.4. The molecule has 19 heavy (non-hydrogen) atoms. The van der Waals surface area contributed by atoms with E-state index in [0.29, 0.717) is 5.75 Å². The Bertz CT molecular complexity index is 541. The Hall–Kier alpha value is -2.04. The number of carbonyl (C=O) groups excluding carboxylic acids is 2. The monoisotopic (exact) mass is 262 g/mol.